The predicted octanol–water partition coefficient (Wildman–Crippen LogP) is 3.19. The van der Waals surface area contributed by atoms with E-state index in [9.17, 15) is 0 Å². The minimum Gasteiger partial charge on any atom is -0.375 e. The van der Waals surface area contributed by atoms with E-state index >= 15 is 0 Å². The molecule has 0 spiro atoms. The molecule has 0 saturated carbocycles. The average Bonchev–Trinajstić information content (AvgIpc) is 2.45. The Hall–Kier alpha value is -1.06. The van der Waals surface area contributed by atoms with Gasteiger partial charge in [0.05, 0.1) is 18.8 Å². The quantitative estimate of drug-likeness (QED) is 0.894. The van der Waals surface area contributed by atoms with Crippen LogP contribution < -0.4 is 10.2 Å². The third kappa shape index (κ3) is 3.74. The lowest BCUT2D eigenvalue weighted by Crippen LogP contribution is -2.49. The van der Waals surface area contributed by atoms with E-state index in [1.165, 1.54) is 11.3 Å². The minimum atomic E-state index is 0.309. The van der Waals surface area contributed by atoms with E-state index < -0.39 is 0 Å². The average molecular weight is 276 g/mol. The minimum absolute atomic E-state index is 0.309. The molecule has 0 aliphatic carbocycles. The summed E-state index contributed by atoms with van der Waals surface area (Å²) in [6, 6.07) is 9.75. The van der Waals surface area contributed by atoms with Crippen LogP contribution in [0.25, 0.3) is 0 Å². The highest BCUT2D eigenvalue weighted by Gasteiger charge is 2.26. The van der Waals surface area contributed by atoms with Crippen molar-refractivity contribution in [1.82, 2.24) is 5.32 Å². The van der Waals surface area contributed by atoms with Crippen LogP contribution in [0, 0.1) is 0 Å². The standard InChI is InChI=1S/C17H28N2O/c1-5-16-12-20-14(4)11-19(16)17-9-7-6-8-15(17)10-18-13(2)3/h6-9,13-14,16,18H,5,10-12H2,1-4H3. The molecule has 0 amide bonds. The Morgan fingerprint density at radius 3 is 2.80 bits per heavy atom. The first-order valence-corrected chi connectivity index (χ1v) is 7.81. The second-order valence-electron chi connectivity index (χ2n) is 6.02. The Morgan fingerprint density at radius 2 is 2.10 bits per heavy atom. The first-order valence-electron chi connectivity index (χ1n) is 7.81. The monoisotopic (exact) mass is 276 g/mol. The summed E-state index contributed by atoms with van der Waals surface area (Å²) >= 11 is 0. The van der Waals surface area contributed by atoms with Gasteiger partial charge in [0.15, 0.2) is 0 Å². The fourth-order valence-electron chi connectivity index (χ4n) is 2.73. The Morgan fingerprint density at radius 1 is 1.35 bits per heavy atom. The van der Waals surface area contributed by atoms with Gasteiger partial charge in [-0.05, 0) is 25.0 Å². The third-order valence-electron chi connectivity index (χ3n) is 3.94. The van der Waals surface area contributed by atoms with E-state index in [1.807, 2.05) is 0 Å². The van der Waals surface area contributed by atoms with Crippen LogP contribution in [0.4, 0.5) is 5.69 Å². The van der Waals surface area contributed by atoms with Gasteiger partial charge in [-0.1, -0.05) is 39.0 Å². The van der Waals surface area contributed by atoms with Crippen molar-refractivity contribution in [3.8, 4) is 0 Å². The van der Waals surface area contributed by atoms with Crippen molar-refractivity contribution in [3.63, 3.8) is 0 Å². The second kappa shape index (κ2) is 7.09. The van der Waals surface area contributed by atoms with Crippen LogP contribution in [0.5, 0.6) is 0 Å². The summed E-state index contributed by atoms with van der Waals surface area (Å²) in [5.41, 5.74) is 2.75. The summed E-state index contributed by atoms with van der Waals surface area (Å²) in [4.78, 5) is 2.53. The molecule has 1 aromatic carbocycles. The molecule has 2 unspecified atom stereocenters. The normalized spacial score (nSPS) is 23.4. The van der Waals surface area contributed by atoms with Gasteiger partial charge >= 0.3 is 0 Å². The molecule has 20 heavy (non-hydrogen) atoms. The molecular weight excluding hydrogens is 248 g/mol. The molecule has 1 N–H and O–H groups in total. The van der Waals surface area contributed by atoms with Crippen molar-refractivity contribution >= 4 is 5.69 Å². The molecule has 2 atom stereocenters. The molecule has 1 aliphatic heterocycles. The number of hydrogen-bond donors (Lipinski definition) is 1. The van der Waals surface area contributed by atoms with Crippen LogP contribution >= 0.6 is 0 Å². The summed E-state index contributed by atoms with van der Waals surface area (Å²) in [6.07, 6.45) is 1.43. The lowest BCUT2D eigenvalue weighted by molar-refractivity contribution is 0.0299. The zero-order chi connectivity index (χ0) is 14.5. The predicted molar refractivity (Wildman–Crippen MR) is 85.3 cm³/mol. The van der Waals surface area contributed by atoms with Crippen molar-refractivity contribution in [2.24, 2.45) is 0 Å². The van der Waals surface area contributed by atoms with E-state index in [1.54, 1.807) is 0 Å². The number of nitrogens with zero attached hydrogens (tertiary/aromatic N) is 1. The van der Waals surface area contributed by atoms with Crippen LogP contribution in [-0.4, -0.2) is 31.3 Å². The maximum Gasteiger partial charge on any atom is 0.0723 e. The summed E-state index contributed by atoms with van der Waals surface area (Å²) in [5, 5.41) is 3.53. The van der Waals surface area contributed by atoms with Gasteiger partial charge in [-0.2, -0.15) is 0 Å². The number of anilines is 1. The molecule has 0 bridgehead atoms. The largest absolute Gasteiger partial charge is 0.375 e. The number of hydrogen-bond acceptors (Lipinski definition) is 3. The SMILES string of the molecule is CCC1COC(C)CN1c1ccccc1CNC(C)C. The van der Waals surface area contributed by atoms with Crippen LogP contribution in [0.2, 0.25) is 0 Å². The van der Waals surface area contributed by atoms with Gasteiger partial charge in [0.25, 0.3) is 0 Å². The Kier molecular flexibility index (Phi) is 5.44. The van der Waals surface area contributed by atoms with Crippen LogP contribution in [-0.2, 0) is 11.3 Å². The highest BCUT2D eigenvalue weighted by Crippen LogP contribution is 2.27. The summed E-state index contributed by atoms with van der Waals surface area (Å²) in [7, 11) is 0. The summed E-state index contributed by atoms with van der Waals surface area (Å²) < 4.78 is 5.81. The molecule has 1 aliphatic rings. The first kappa shape index (κ1) is 15.3. The fourth-order valence-corrected chi connectivity index (χ4v) is 2.73. The zero-order valence-corrected chi connectivity index (χ0v) is 13.2. The van der Waals surface area contributed by atoms with Gasteiger partial charge in [0, 0.05) is 24.8 Å². The fraction of sp³-hybridized carbons (Fsp3) is 0.647. The number of nitrogens with one attached hydrogen (secondary N) is 1. The Labute approximate surface area is 123 Å². The molecule has 0 aromatic heterocycles. The lowest BCUT2D eigenvalue weighted by Gasteiger charge is -2.41. The maximum atomic E-state index is 5.81. The maximum absolute atomic E-state index is 5.81. The van der Waals surface area contributed by atoms with E-state index in [0.717, 1.165) is 26.1 Å². The van der Waals surface area contributed by atoms with E-state index in [-0.39, 0.29) is 0 Å². The van der Waals surface area contributed by atoms with Crippen molar-refractivity contribution in [3.05, 3.63) is 29.8 Å². The van der Waals surface area contributed by atoms with Gasteiger partial charge in [0.2, 0.25) is 0 Å². The van der Waals surface area contributed by atoms with E-state index in [0.29, 0.717) is 18.2 Å². The summed E-state index contributed by atoms with van der Waals surface area (Å²) in [6.45, 7) is 11.5. The smallest absolute Gasteiger partial charge is 0.0723 e. The van der Waals surface area contributed by atoms with Crippen molar-refractivity contribution < 1.29 is 4.74 Å². The molecule has 0 radical (unpaired) electrons. The number of benzene rings is 1. The van der Waals surface area contributed by atoms with Gasteiger partial charge in [-0.15, -0.1) is 0 Å². The topological polar surface area (TPSA) is 24.5 Å². The molecular formula is C17H28N2O. The number of rotatable bonds is 5. The summed E-state index contributed by atoms with van der Waals surface area (Å²) in [5.74, 6) is 0. The second-order valence-corrected chi connectivity index (χ2v) is 6.02. The third-order valence-corrected chi connectivity index (χ3v) is 3.94. The van der Waals surface area contributed by atoms with Gasteiger partial charge < -0.3 is 15.0 Å². The van der Waals surface area contributed by atoms with Crippen LogP contribution in [0.15, 0.2) is 24.3 Å². The molecule has 112 valence electrons. The number of para-hydroxylation sites is 1. The Balaban J connectivity index is 2.20. The van der Waals surface area contributed by atoms with Gasteiger partial charge in [0.1, 0.15) is 0 Å². The lowest BCUT2D eigenvalue weighted by atomic mass is 10.1. The molecule has 3 nitrogen and oxygen atoms in total. The Bertz CT molecular complexity index is 419. The van der Waals surface area contributed by atoms with Crippen molar-refractivity contribution in [1.29, 1.82) is 0 Å². The first-order chi connectivity index (χ1) is 9.61. The molecule has 2 rings (SSSR count). The number of morpholine rings is 1. The highest BCUT2D eigenvalue weighted by molar-refractivity contribution is 5.55. The molecule has 1 heterocycles. The van der Waals surface area contributed by atoms with Gasteiger partial charge in [-0.25, -0.2) is 0 Å². The molecule has 1 aromatic rings. The zero-order valence-electron chi connectivity index (χ0n) is 13.2. The van der Waals surface area contributed by atoms with E-state index in [2.05, 4.69) is 62.2 Å². The molecule has 1 saturated heterocycles. The number of ether oxygens (including phenoxy) is 1. The van der Waals surface area contributed by atoms with Crippen molar-refractivity contribution in [2.75, 3.05) is 18.1 Å². The molecule has 1 fully saturated rings. The van der Waals surface area contributed by atoms with Crippen LogP contribution in [0.3, 0.4) is 0 Å². The molecule has 3 heteroatoms. The van der Waals surface area contributed by atoms with Gasteiger partial charge in [-0.3, -0.25) is 0 Å². The highest BCUT2D eigenvalue weighted by atomic mass is 16.5. The van der Waals surface area contributed by atoms with Crippen molar-refractivity contribution in [2.45, 2.75) is 58.8 Å². The van der Waals surface area contributed by atoms with E-state index in [4.69, 9.17) is 4.74 Å². The van der Waals surface area contributed by atoms with Crippen LogP contribution in [0.1, 0.15) is 39.7 Å².